The highest BCUT2D eigenvalue weighted by Crippen LogP contribution is 2.20. The predicted octanol–water partition coefficient (Wildman–Crippen LogP) is 2.47. The molecule has 1 unspecified atom stereocenters. The van der Waals surface area contributed by atoms with Crippen molar-refractivity contribution >= 4 is 11.6 Å². The lowest BCUT2D eigenvalue weighted by molar-refractivity contribution is -0.117. The second-order valence-corrected chi connectivity index (χ2v) is 5.37. The molecule has 0 saturated carbocycles. The molecule has 1 amide bonds. The number of nitrogens with one attached hydrogen (secondary N) is 2. The number of H-pyrrole nitrogens is 1. The Morgan fingerprint density at radius 2 is 1.87 bits per heavy atom. The van der Waals surface area contributed by atoms with Gasteiger partial charge in [-0.25, -0.2) is 0 Å². The maximum Gasteiger partial charge on any atom is 0.235 e. The predicted molar refractivity (Wildman–Crippen MR) is 86.9 cm³/mol. The first kappa shape index (κ1) is 14.9. The molecule has 0 bridgehead atoms. The average molecular weight is 307 g/mol. The Balaban J connectivity index is 1.80. The highest BCUT2D eigenvalue weighted by molar-refractivity contribution is 5.95. The molecule has 0 aliphatic heterocycles. The summed E-state index contributed by atoms with van der Waals surface area (Å²) in [6, 6.07) is 17.5. The maximum absolute atomic E-state index is 12.7. The summed E-state index contributed by atoms with van der Waals surface area (Å²) >= 11 is 0. The van der Waals surface area contributed by atoms with E-state index in [1.807, 2.05) is 61.5 Å². The van der Waals surface area contributed by atoms with E-state index in [9.17, 15) is 4.79 Å². The van der Waals surface area contributed by atoms with Crippen LogP contribution >= 0.6 is 0 Å². The van der Waals surface area contributed by atoms with Crippen molar-refractivity contribution in [3.63, 3.8) is 0 Å². The summed E-state index contributed by atoms with van der Waals surface area (Å²) in [4.78, 5) is 12.7. The Morgan fingerprint density at radius 3 is 2.52 bits per heavy atom. The van der Waals surface area contributed by atoms with Crippen molar-refractivity contribution in [2.75, 3.05) is 5.32 Å². The number of carbonyl (C=O) groups is 1. The molecule has 0 aliphatic carbocycles. The number of aromatic amines is 1. The van der Waals surface area contributed by atoms with Crippen molar-refractivity contribution in [3.8, 4) is 0 Å². The Kier molecular flexibility index (Phi) is 4.42. The number of aromatic nitrogens is 4. The lowest BCUT2D eigenvalue weighted by atomic mass is 9.97. The fourth-order valence-electron chi connectivity index (χ4n) is 2.33. The summed E-state index contributed by atoms with van der Waals surface area (Å²) in [6.45, 7) is 2.00. The standard InChI is InChI=1S/C17H17N5O/c1-12-7-9-14(10-8-12)18-17(23)15(16-19-21-22-20-16)11-13-5-3-2-4-6-13/h2-10,15H,11H2,1H3,(H,18,23)(H,19,20,21,22). The van der Waals surface area contributed by atoms with Crippen LogP contribution in [0.2, 0.25) is 0 Å². The highest BCUT2D eigenvalue weighted by Gasteiger charge is 2.25. The number of benzene rings is 2. The van der Waals surface area contributed by atoms with E-state index >= 15 is 0 Å². The quantitative estimate of drug-likeness (QED) is 0.758. The summed E-state index contributed by atoms with van der Waals surface area (Å²) < 4.78 is 0. The van der Waals surface area contributed by atoms with Gasteiger partial charge in [0.1, 0.15) is 5.92 Å². The molecule has 2 aromatic carbocycles. The van der Waals surface area contributed by atoms with Crippen LogP contribution in [0, 0.1) is 6.92 Å². The van der Waals surface area contributed by atoms with E-state index in [0.717, 1.165) is 16.8 Å². The molecule has 1 aromatic heterocycles. The lowest BCUT2D eigenvalue weighted by Crippen LogP contribution is -2.24. The topological polar surface area (TPSA) is 83.6 Å². The van der Waals surface area contributed by atoms with E-state index in [1.165, 1.54) is 0 Å². The summed E-state index contributed by atoms with van der Waals surface area (Å²) in [5.41, 5.74) is 2.94. The van der Waals surface area contributed by atoms with Gasteiger partial charge in [-0.3, -0.25) is 4.79 Å². The molecule has 0 aliphatic rings. The number of tetrazole rings is 1. The molecule has 1 atom stereocenters. The van der Waals surface area contributed by atoms with Gasteiger partial charge in [-0.2, -0.15) is 5.21 Å². The number of aryl methyl sites for hydroxylation is 1. The van der Waals surface area contributed by atoms with Crippen molar-refractivity contribution in [3.05, 3.63) is 71.5 Å². The molecule has 3 aromatic rings. The van der Waals surface area contributed by atoms with Gasteiger partial charge in [0.2, 0.25) is 5.91 Å². The Hall–Kier alpha value is -3.02. The summed E-state index contributed by atoms with van der Waals surface area (Å²) in [5, 5.41) is 16.9. The minimum atomic E-state index is -0.502. The molecule has 6 heteroatoms. The van der Waals surface area contributed by atoms with Gasteiger partial charge < -0.3 is 5.32 Å². The molecule has 0 spiro atoms. The van der Waals surface area contributed by atoms with Gasteiger partial charge >= 0.3 is 0 Å². The smallest absolute Gasteiger partial charge is 0.235 e. The third-order valence-corrected chi connectivity index (χ3v) is 3.59. The normalized spacial score (nSPS) is 11.9. The van der Waals surface area contributed by atoms with Gasteiger partial charge in [-0.15, -0.1) is 10.2 Å². The van der Waals surface area contributed by atoms with Gasteiger partial charge in [-0.1, -0.05) is 53.2 Å². The minimum Gasteiger partial charge on any atom is -0.325 e. The van der Waals surface area contributed by atoms with Crippen LogP contribution < -0.4 is 5.32 Å². The van der Waals surface area contributed by atoms with Crippen molar-refractivity contribution in [1.29, 1.82) is 0 Å². The molecule has 23 heavy (non-hydrogen) atoms. The third kappa shape index (κ3) is 3.79. The summed E-state index contributed by atoms with van der Waals surface area (Å²) in [6.07, 6.45) is 0.512. The van der Waals surface area contributed by atoms with Crippen molar-refractivity contribution in [2.24, 2.45) is 0 Å². The molecule has 116 valence electrons. The van der Waals surface area contributed by atoms with Crippen LogP contribution in [-0.2, 0) is 11.2 Å². The zero-order valence-electron chi connectivity index (χ0n) is 12.7. The molecule has 1 heterocycles. The fraction of sp³-hybridized carbons (Fsp3) is 0.176. The molecule has 0 saturated heterocycles. The zero-order valence-corrected chi connectivity index (χ0v) is 12.7. The van der Waals surface area contributed by atoms with Crippen molar-refractivity contribution < 1.29 is 4.79 Å². The maximum atomic E-state index is 12.7. The van der Waals surface area contributed by atoms with Crippen LogP contribution in [-0.4, -0.2) is 26.5 Å². The van der Waals surface area contributed by atoms with Gasteiger partial charge in [0, 0.05) is 5.69 Å². The second-order valence-electron chi connectivity index (χ2n) is 5.37. The van der Waals surface area contributed by atoms with Crippen molar-refractivity contribution in [1.82, 2.24) is 20.6 Å². The first-order valence-electron chi connectivity index (χ1n) is 7.37. The fourth-order valence-corrected chi connectivity index (χ4v) is 2.33. The second kappa shape index (κ2) is 6.83. The van der Waals surface area contributed by atoms with E-state index in [1.54, 1.807) is 0 Å². The van der Waals surface area contributed by atoms with E-state index in [0.29, 0.717) is 12.2 Å². The van der Waals surface area contributed by atoms with Crippen LogP contribution in [0.5, 0.6) is 0 Å². The minimum absolute atomic E-state index is 0.154. The lowest BCUT2D eigenvalue weighted by Gasteiger charge is -2.14. The SMILES string of the molecule is Cc1ccc(NC(=O)C(Cc2ccccc2)c2nn[nH]n2)cc1. The van der Waals surface area contributed by atoms with Gasteiger partial charge in [0.05, 0.1) is 0 Å². The van der Waals surface area contributed by atoms with Crippen LogP contribution in [0.4, 0.5) is 5.69 Å². The molecule has 0 fully saturated rings. The van der Waals surface area contributed by atoms with Crippen LogP contribution in [0.1, 0.15) is 22.9 Å². The number of anilines is 1. The largest absolute Gasteiger partial charge is 0.325 e. The number of hydrogen-bond acceptors (Lipinski definition) is 4. The first-order valence-corrected chi connectivity index (χ1v) is 7.37. The molecule has 0 radical (unpaired) electrons. The van der Waals surface area contributed by atoms with E-state index in [-0.39, 0.29) is 5.91 Å². The van der Waals surface area contributed by atoms with Gasteiger partial charge in [0.15, 0.2) is 5.82 Å². The van der Waals surface area contributed by atoms with Crippen LogP contribution in [0.15, 0.2) is 54.6 Å². The van der Waals surface area contributed by atoms with E-state index in [4.69, 9.17) is 0 Å². The Morgan fingerprint density at radius 1 is 1.13 bits per heavy atom. The number of nitrogens with zero attached hydrogens (tertiary/aromatic N) is 3. The van der Waals surface area contributed by atoms with E-state index < -0.39 is 5.92 Å². The third-order valence-electron chi connectivity index (χ3n) is 3.59. The molecule has 2 N–H and O–H groups in total. The van der Waals surface area contributed by atoms with Crippen molar-refractivity contribution in [2.45, 2.75) is 19.3 Å². The first-order chi connectivity index (χ1) is 11.2. The monoisotopic (exact) mass is 307 g/mol. The summed E-state index contributed by atoms with van der Waals surface area (Å²) in [5.74, 6) is -0.268. The molecule has 6 nitrogen and oxygen atoms in total. The highest BCUT2D eigenvalue weighted by atomic mass is 16.1. The van der Waals surface area contributed by atoms with Gasteiger partial charge in [0.25, 0.3) is 0 Å². The molecular formula is C17H17N5O. The van der Waals surface area contributed by atoms with Crippen LogP contribution in [0.25, 0.3) is 0 Å². The number of hydrogen-bond donors (Lipinski definition) is 2. The average Bonchev–Trinajstić information content (AvgIpc) is 3.10. The zero-order chi connectivity index (χ0) is 16.1. The summed E-state index contributed by atoms with van der Waals surface area (Å²) in [7, 11) is 0. The number of carbonyl (C=O) groups excluding carboxylic acids is 1. The Labute approximate surface area is 133 Å². The Bertz CT molecular complexity index is 753. The molecular weight excluding hydrogens is 290 g/mol. The molecule has 3 rings (SSSR count). The van der Waals surface area contributed by atoms with Gasteiger partial charge in [-0.05, 0) is 31.0 Å². The van der Waals surface area contributed by atoms with Crippen LogP contribution in [0.3, 0.4) is 0 Å². The number of amides is 1. The van der Waals surface area contributed by atoms with E-state index in [2.05, 4.69) is 25.9 Å². The number of rotatable bonds is 5.